The SMILES string of the molecule is COc1cc(C(=O)O[C@@H](C)C(=O)NC2CCCCC2)c([N+](=O)[O-])cc1OC. The predicted octanol–water partition coefficient (Wildman–Crippen LogP) is 2.61. The molecular weight excluding hydrogens is 356 g/mol. The summed E-state index contributed by atoms with van der Waals surface area (Å²) in [5.41, 5.74) is -0.799. The van der Waals surface area contributed by atoms with Gasteiger partial charge < -0.3 is 19.5 Å². The highest BCUT2D eigenvalue weighted by atomic mass is 16.6. The van der Waals surface area contributed by atoms with E-state index in [2.05, 4.69) is 5.32 Å². The molecule has 0 unspecified atom stereocenters. The van der Waals surface area contributed by atoms with Crippen molar-refractivity contribution in [3.63, 3.8) is 0 Å². The molecule has 0 aromatic heterocycles. The Bertz CT molecular complexity index is 714. The molecular formula is C18H24N2O7. The first-order valence-electron chi connectivity index (χ1n) is 8.79. The number of benzene rings is 1. The summed E-state index contributed by atoms with van der Waals surface area (Å²) >= 11 is 0. The predicted molar refractivity (Wildman–Crippen MR) is 96.1 cm³/mol. The zero-order chi connectivity index (χ0) is 20.0. The maximum Gasteiger partial charge on any atom is 0.346 e. The first kappa shape index (κ1) is 20.5. The van der Waals surface area contributed by atoms with Crippen LogP contribution in [0.2, 0.25) is 0 Å². The summed E-state index contributed by atoms with van der Waals surface area (Å²) in [5.74, 6) is -1.13. The number of ether oxygens (including phenoxy) is 3. The minimum absolute atomic E-state index is 0.0721. The maximum absolute atomic E-state index is 12.4. The first-order chi connectivity index (χ1) is 12.9. The van der Waals surface area contributed by atoms with E-state index in [1.54, 1.807) is 0 Å². The molecule has 1 aromatic rings. The van der Waals surface area contributed by atoms with Crippen molar-refractivity contribution in [1.29, 1.82) is 0 Å². The van der Waals surface area contributed by atoms with Crippen LogP contribution in [-0.2, 0) is 9.53 Å². The molecule has 9 nitrogen and oxygen atoms in total. The Morgan fingerprint density at radius 2 is 1.74 bits per heavy atom. The fourth-order valence-electron chi connectivity index (χ4n) is 3.03. The van der Waals surface area contributed by atoms with Crippen molar-refractivity contribution in [2.45, 2.75) is 51.2 Å². The number of carbonyl (C=O) groups excluding carboxylic acids is 2. The number of hydrogen-bond donors (Lipinski definition) is 1. The topological polar surface area (TPSA) is 117 Å². The molecule has 0 radical (unpaired) electrons. The van der Waals surface area contributed by atoms with E-state index in [1.807, 2.05) is 0 Å². The van der Waals surface area contributed by atoms with Crippen molar-refractivity contribution in [2.75, 3.05) is 14.2 Å². The minimum atomic E-state index is -1.08. The second kappa shape index (κ2) is 9.20. The Labute approximate surface area is 157 Å². The number of methoxy groups -OCH3 is 2. The van der Waals surface area contributed by atoms with E-state index in [-0.39, 0.29) is 23.1 Å². The third-order valence-electron chi connectivity index (χ3n) is 4.52. The molecule has 1 atom stereocenters. The standard InChI is InChI=1S/C18H24N2O7/c1-11(17(21)19-12-7-5-4-6-8-12)27-18(22)13-9-15(25-2)16(26-3)10-14(13)20(23)24/h9-12H,4-8H2,1-3H3,(H,19,21)/t11-/m0/s1. The normalized spacial score (nSPS) is 15.5. The van der Waals surface area contributed by atoms with Gasteiger partial charge in [-0.25, -0.2) is 4.79 Å². The maximum atomic E-state index is 12.4. The molecule has 1 fully saturated rings. The van der Waals surface area contributed by atoms with E-state index >= 15 is 0 Å². The molecule has 9 heteroatoms. The van der Waals surface area contributed by atoms with E-state index in [1.165, 1.54) is 27.2 Å². The van der Waals surface area contributed by atoms with Gasteiger partial charge in [0.05, 0.1) is 25.2 Å². The Morgan fingerprint density at radius 3 is 2.30 bits per heavy atom. The van der Waals surface area contributed by atoms with Gasteiger partial charge in [-0.3, -0.25) is 14.9 Å². The van der Waals surface area contributed by atoms with Crippen LogP contribution in [0.5, 0.6) is 11.5 Å². The average Bonchev–Trinajstić information content (AvgIpc) is 2.67. The second-order valence-corrected chi connectivity index (χ2v) is 6.37. The molecule has 1 amide bonds. The van der Waals surface area contributed by atoms with Crippen molar-refractivity contribution >= 4 is 17.6 Å². The summed E-state index contributed by atoms with van der Waals surface area (Å²) in [7, 11) is 2.68. The lowest BCUT2D eigenvalue weighted by Crippen LogP contribution is -2.42. The molecule has 148 valence electrons. The number of nitrogens with one attached hydrogen (secondary N) is 1. The summed E-state index contributed by atoms with van der Waals surface area (Å²) in [6.45, 7) is 1.43. The summed E-state index contributed by atoms with van der Waals surface area (Å²) < 4.78 is 15.3. The van der Waals surface area contributed by atoms with Gasteiger partial charge in [0.2, 0.25) is 0 Å². The highest BCUT2D eigenvalue weighted by Crippen LogP contribution is 2.35. The third kappa shape index (κ3) is 5.08. The molecule has 1 N–H and O–H groups in total. The van der Waals surface area contributed by atoms with Gasteiger partial charge >= 0.3 is 5.97 Å². The van der Waals surface area contributed by atoms with Gasteiger partial charge in [0, 0.05) is 12.1 Å². The van der Waals surface area contributed by atoms with Crippen LogP contribution in [0.15, 0.2) is 12.1 Å². The third-order valence-corrected chi connectivity index (χ3v) is 4.52. The number of nitro groups is 1. The van der Waals surface area contributed by atoms with Crippen molar-refractivity contribution in [3.8, 4) is 11.5 Å². The molecule has 0 bridgehead atoms. The Kier molecular flexibility index (Phi) is 6.98. The summed E-state index contributed by atoms with van der Waals surface area (Å²) in [6.07, 6.45) is 3.97. The summed E-state index contributed by atoms with van der Waals surface area (Å²) in [6, 6.07) is 2.33. The largest absolute Gasteiger partial charge is 0.493 e. The highest BCUT2D eigenvalue weighted by Gasteiger charge is 2.29. The molecule has 1 aliphatic rings. The zero-order valence-corrected chi connectivity index (χ0v) is 15.6. The molecule has 0 spiro atoms. The van der Waals surface area contributed by atoms with Crippen LogP contribution >= 0.6 is 0 Å². The van der Waals surface area contributed by atoms with Crippen molar-refractivity contribution in [2.24, 2.45) is 0 Å². The summed E-state index contributed by atoms with van der Waals surface area (Å²) in [4.78, 5) is 35.3. The van der Waals surface area contributed by atoms with Crippen LogP contribution in [0.3, 0.4) is 0 Å². The Morgan fingerprint density at radius 1 is 1.15 bits per heavy atom. The monoisotopic (exact) mass is 380 g/mol. The number of carbonyl (C=O) groups is 2. The molecule has 0 aliphatic heterocycles. The Hall–Kier alpha value is -2.84. The minimum Gasteiger partial charge on any atom is -0.493 e. The lowest BCUT2D eigenvalue weighted by molar-refractivity contribution is -0.385. The van der Waals surface area contributed by atoms with Crippen LogP contribution in [0, 0.1) is 10.1 Å². The molecule has 2 rings (SSSR count). The first-order valence-corrected chi connectivity index (χ1v) is 8.79. The molecule has 0 heterocycles. The van der Waals surface area contributed by atoms with E-state index in [4.69, 9.17) is 14.2 Å². The van der Waals surface area contributed by atoms with Gasteiger partial charge in [0.1, 0.15) is 5.56 Å². The van der Waals surface area contributed by atoms with Crippen LogP contribution < -0.4 is 14.8 Å². The van der Waals surface area contributed by atoms with Gasteiger partial charge in [0.15, 0.2) is 17.6 Å². The molecule has 1 aromatic carbocycles. The van der Waals surface area contributed by atoms with Gasteiger partial charge in [-0.2, -0.15) is 0 Å². The average molecular weight is 380 g/mol. The van der Waals surface area contributed by atoms with E-state index < -0.39 is 28.6 Å². The highest BCUT2D eigenvalue weighted by molar-refractivity contribution is 5.96. The molecule has 1 aliphatic carbocycles. The van der Waals surface area contributed by atoms with Crippen LogP contribution in [0.4, 0.5) is 5.69 Å². The van der Waals surface area contributed by atoms with Crippen molar-refractivity contribution < 1.29 is 28.7 Å². The Balaban J connectivity index is 2.13. The number of nitrogens with zero attached hydrogens (tertiary/aromatic N) is 1. The molecule has 0 saturated heterocycles. The van der Waals surface area contributed by atoms with Crippen LogP contribution in [0.25, 0.3) is 0 Å². The quantitative estimate of drug-likeness (QED) is 0.439. The van der Waals surface area contributed by atoms with Gasteiger partial charge in [-0.1, -0.05) is 19.3 Å². The number of nitro benzene ring substituents is 1. The van der Waals surface area contributed by atoms with E-state index in [9.17, 15) is 19.7 Å². The fourth-order valence-corrected chi connectivity index (χ4v) is 3.03. The van der Waals surface area contributed by atoms with Gasteiger partial charge in [-0.05, 0) is 19.8 Å². The molecule has 1 saturated carbocycles. The second-order valence-electron chi connectivity index (χ2n) is 6.37. The zero-order valence-electron chi connectivity index (χ0n) is 15.6. The van der Waals surface area contributed by atoms with Crippen LogP contribution in [0.1, 0.15) is 49.4 Å². The lowest BCUT2D eigenvalue weighted by atomic mass is 9.95. The number of hydrogen-bond acceptors (Lipinski definition) is 7. The smallest absolute Gasteiger partial charge is 0.346 e. The number of esters is 1. The van der Waals surface area contributed by atoms with E-state index in [0.29, 0.717) is 0 Å². The van der Waals surface area contributed by atoms with Gasteiger partial charge in [-0.15, -0.1) is 0 Å². The lowest BCUT2D eigenvalue weighted by Gasteiger charge is -2.24. The van der Waals surface area contributed by atoms with Crippen LogP contribution in [-0.4, -0.2) is 43.2 Å². The number of rotatable bonds is 7. The van der Waals surface area contributed by atoms with E-state index in [0.717, 1.165) is 38.2 Å². The van der Waals surface area contributed by atoms with Gasteiger partial charge in [0.25, 0.3) is 11.6 Å². The fraction of sp³-hybridized carbons (Fsp3) is 0.556. The number of amides is 1. The van der Waals surface area contributed by atoms with Crippen molar-refractivity contribution in [1.82, 2.24) is 5.32 Å². The molecule has 27 heavy (non-hydrogen) atoms. The summed E-state index contributed by atoms with van der Waals surface area (Å²) in [5, 5.41) is 14.2. The van der Waals surface area contributed by atoms with Crippen molar-refractivity contribution in [3.05, 3.63) is 27.8 Å².